The Bertz CT molecular complexity index is 740. The van der Waals surface area contributed by atoms with Crippen LogP contribution in [0, 0.1) is 6.92 Å². The van der Waals surface area contributed by atoms with Crippen molar-refractivity contribution >= 4 is 17.3 Å². The third kappa shape index (κ3) is 2.25. The normalized spacial score (nSPS) is 10.8. The SMILES string of the molecule is Cc1oc(C(=O)O)cc1Cn1ccnc1-c1cccs1. The maximum Gasteiger partial charge on any atom is 0.371 e. The smallest absolute Gasteiger partial charge is 0.371 e. The molecule has 0 aliphatic carbocycles. The molecule has 3 heterocycles. The quantitative estimate of drug-likeness (QED) is 0.800. The van der Waals surface area contributed by atoms with Crippen molar-refractivity contribution in [3.8, 4) is 10.7 Å². The Hall–Kier alpha value is -2.34. The van der Waals surface area contributed by atoms with Gasteiger partial charge in [-0.25, -0.2) is 9.78 Å². The number of aromatic carboxylic acids is 1. The number of imidazole rings is 1. The molecular formula is C14H12N2O3S. The zero-order chi connectivity index (χ0) is 14.1. The Kier molecular flexibility index (Phi) is 3.15. The maximum atomic E-state index is 10.9. The van der Waals surface area contributed by atoms with E-state index in [9.17, 15) is 4.79 Å². The molecule has 3 rings (SSSR count). The van der Waals surface area contributed by atoms with Crippen LogP contribution in [0.15, 0.2) is 40.4 Å². The van der Waals surface area contributed by atoms with Crippen molar-refractivity contribution in [3.05, 3.63) is 53.1 Å². The minimum absolute atomic E-state index is 0.0321. The summed E-state index contributed by atoms with van der Waals surface area (Å²) in [6, 6.07) is 5.55. The lowest BCUT2D eigenvalue weighted by atomic mass is 10.2. The zero-order valence-electron chi connectivity index (χ0n) is 10.7. The lowest BCUT2D eigenvalue weighted by molar-refractivity contribution is 0.0661. The number of rotatable bonds is 4. The van der Waals surface area contributed by atoms with Crippen molar-refractivity contribution in [3.63, 3.8) is 0 Å². The van der Waals surface area contributed by atoms with Gasteiger partial charge in [0.2, 0.25) is 5.76 Å². The number of thiophene rings is 1. The summed E-state index contributed by atoms with van der Waals surface area (Å²) >= 11 is 1.62. The van der Waals surface area contributed by atoms with Crippen LogP contribution in [0.2, 0.25) is 0 Å². The van der Waals surface area contributed by atoms with Crippen molar-refractivity contribution in [2.24, 2.45) is 0 Å². The molecule has 0 saturated heterocycles. The molecule has 0 bridgehead atoms. The molecule has 6 heteroatoms. The number of carboxylic acids is 1. The second kappa shape index (κ2) is 4.97. The first-order valence-electron chi connectivity index (χ1n) is 6.03. The topological polar surface area (TPSA) is 68.3 Å². The van der Waals surface area contributed by atoms with Gasteiger partial charge in [-0.1, -0.05) is 6.07 Å². The van der Waals surface area contributed by atoms with Gasteiger partial charge in [0.05, 0.1) is 11.4 Å². The van der Waals surface area contributed by atoms with E-state index in [1.807, 2.05) is 28.3 Å². The van der Waals surface area contributed by atoms with Gasteiger partial charge >= 0.3 is 5.97 Å². The number of aromatic nitrogens is 2. The van der Waals surface area contributed by atoms with Crippen LogP contribution in [-0.2, 0) is 6.54 Å². The number of carboxylic acid groups (broad SMARTS) is 1. The first kappa shape index (κ1) is 12.7. The highest BCUT2D eigenvalue weighted by Crippen LogP contribution is 2.24. The van der Waals surface area contributed by atoms with Crippen molar-refractivity contribution < 1.29 is 14.3 Å². The number of hydrogen-bond acceptors (Lipinski definition) is 4. The van der Waals surface area contributed by atoms with Crippen LogP contribution in [0.1, 0.15) is 21.9 Å². The molecular weight excluding hydrogens is 276 g/mol. The summed E-state index contributed by atoms with van der Waals surface area (Å²) in [4.78, 5) is 16.3. The number of aryl methyl sites for hydroxylation is 1. The van der Waals surface area contributed by atoms with Crippen LogP contribution >= 0.6 is 11.3 Å². The third-order valence-corrected chi connectivity index (χ3v) is 3.89. The van der Waals surface area contributed by atoms with Gasteiger partial charge in [-0.05, 0) is 24.4 Å². The lowest BCUT2D eigenvalue weighted by Crippen LogP contribution is -2.00. The van der Waals surface area contributed by atoms with E-state index in [1.165, 1.54) is 0 Å². The van der Waals surface area contributed by atoms with E-state index < -0.39 is 5.97 Å². The highest BCUT2D eigenvalue weighted by atomic mass is 32.1. The van der Waals surface area contributed by atoms with Crippen molar-refractivity contribution in [2.75, 3.05) is 0 Å². The average Bonchev–Trinajstić information content (AvgIpc) is 3.11. The predicted molar refractivity (Wildman–Crippen MR) is 75.0 cm³/mol. The van der Waals surface area contributed by atoms with Crippen LogP contribution in [0.25, 0.3) is 10.7 Å². The van der Waals surface area contributed by atoms with Crippen molar-refractivity contribution in [1.29, 1.82) is 0 Å². The molecule has 0 amide bonds. The number of furan rings is 1. The fraction of sp³-hybridized carbons (Fsp3) is 0.143. The number of nitrogens with zero attached hydrogens (tertiary/aromatic N) is 2. The Morgan fingerprint density at radius 3 is 3.05 bits per heavy atom. The molecule has 0 saturated carbocycles. The molecule has 5 nitrogen and oxygen atoms in total. The first-order chi connectivity index (χ1) is 9.65. The van der Waals surface area contributed by atoms with E-state index in [2.05, 4.69) is 4.98 Å². The Labute approximate surface area is 119 Å². The standard InChI is InChI=1S/C14H12N2O3S/c1-9-10(7-11(19-9)14(17)18)8-16-5-4-15-13(16)12-3-2-6-20-12/h2-7H,8H2,1H3,(H,17,18). The molecule has 102 valence electrons. The molecule has 0 spiro atoms. The summed E-state index contributed by atoms with van der Waals surface area (Å²) in [6.45, 7) is 2.30. The molecule has 1 N–H and O–H groups in total. The molecule has 0 unspecified atom stereocenters. The Morgan fingerprint density at radius 1 is 1.55 bits per heavy atom. The molecule has 0 fully saturated rings. The number of carbonyl (C=O) groups is 1. The van der Waals surface area contributed by atoms with Gasteiger partial charge in [-0.3, -0.25) is 0 Å². The van der Waals surface area contributed by atoms with E-state index in [-0.39, 0.29) is 5.76 Å². The van der Waals surface area contributed by atoms with Crippen LogP contribution < -0.4 is 0 Å². The summed E-state index contributed by atoms with van der Waals surface area (Å²) in [5.74, 6) is 0.407. The second-order valence-electron chi connectivity index (χ2n) is 4.35. The van der Waals surface area contributed by atoms with Gasteiger partial charge in [0.25, 0.3) is 0 Å². The monoisotopic (exact) mass is 288 g/mol. The Balaban J connectivity index is 1.93. The third-order valence-electron chi connectivity index (χ3n) is 3.03. The van der Waals surface area contributed by atoms with Crippen LogP contribution in [0.4, 0.5) is 0 Å². The highest BCUT2D eigenvalue weighted by Gasteiger charge is 2.15. The van der Waals surface area contributed by atoms with E-state index >= 15 is 0 Å². The largest absolute Gasteiger partial charge is 0.475 e. The lowest BCUT2D eigenvalue weighted by Gasteiger charge is -2.05. The highest BCUT2D eigenvalue weighted by molar-refractivity contribution is 7.13. The van der Waals surface area contributed by atoms with Gasteiger partial charge in [-0.15, -0.1) is 11.3 Å². The zero-order valence-corrected chi connectivity index (χ0v) is 11.6. The average molecular weight is 288 g/mol. The summed E-state index contributed by atoms with van der Waals surface area (Å²) in [7, 11) is 0. The molecule has 0 aromatic carbocycles. The molecule has 0 radical (unpaired) electrons. The molecule has 3 aromatic rings. The molecule has 0 atom stereocenters. The van der Waals surface area contributed by atoms with Crippen LogP contribution in [0.5, 0.6) is 0 Å². The van der Waals surface area contributed by atoms with Crippen molar-refractivity contribution in [2.45, 2.75) is 13.5 Å². The van der Waals surface area contributed by atoms with Crippen molar-refractivity contribution in [1.82, 2.24) is 9.55 Å². The first-order valence-corrected chi connectivity index (χ1v) is 6.90. The van der Waals surface area contributed by atoms with Gasteiger partial charge in [-0.2, -0.15) is 0 Å². The minimum Gasteiger partial charge on any atom is -0.475 e. The van der Waals surface area contributed by atoms with Crippen LogP contribution in [-0.4, -0.2) is 20.6 Å². The maximum absolute atomic E-state index is 10.9. The second-order valence-corrected chi connectivity index (χ2v) is 5.30. The summed E-state index contributed by atoms with van der Waals surface area (Å²) in [5, 5.41) is 10.9. The Morgan fingerprint density at radius 2 is 2.40 bits per heavy atom. The van der Waals surface area contributed by atoms with Gasteiger partial charge < -0.3 is 14.1 Å². The van der Waals surface area contributed by atoms with E-state index in [1.54, 1.807) is 30.5 Å². The van der Waals surface area contributed by atoms with E-state index in [0.29, 0.717) is 12.3 Å². The number of hydrogen-bond donors (Lipinski definition) is 1. The molecule has 20 heavy (non-hydrogen) atoms. The summed E-state index contributed by atoms with van der Waals surface area (Å²) in [6.07, 6.45) is 3.62. The molecule has 0 aliphatic heterocycles. The van der Waals surface area contributed by atoms with Crippen LogP contribution in [0.3, 0.4) is 0 Å². The molecule has 0 aliphatic rings. The van der Waals surface area contributed by atoms with Gasteiger partial charge in [0.15, 0.2) is 0 Å². The fourth-order valence-electron chi connectivity index (χ4n) is 2.03. The summed E-state index contributed by atoms with van der Waals surface area (Å²) < 4.78 is 7.21. The van der Waals surface area contributed by atoms with Gasteiger partial charge in [0.1, 0.15) is 11.6 Å². The predicted octanol–water partition coefficient (Wildman–Crippen LogP) is 3.26. The fourth-order valence-corrected chi connectivity index (χ4v) is 2.77. The minimum atomic E-state index is -1.05. The van der Waals surface area contributed by atoms with Gasteiger partial charge in [0, 0.05) is 18.0 Å². The van der Waals surface area contributed by atoms with E-state index in [0.717, 1.165) is 16.3 Å². The molecule has 3 aromatic heterocycles. The summed E-state index contributed by atoms with van der Waals surface area (Å²) in [5.41, 5.74) is 0.846. The van der Waals surface area contributed by atoms with E-state index in [4.69, 9.17) is 9.52 Å².